The maximum atomic E-state index is 11.0. The molecule has 0 aliphatic heterocycles. The molecule has 0 atom stereocenters. The van der Waals surface area contributed by atoms with Crippen molar-refractivity contribution in [1.82, 2.24) is 9.97 Å². The Kier molecular flexibility index (Phi) is 7.29. The van der Waals surface area contributed by atoms with Gasteiger partial charge >= 0.3 is 5.97 Å². The van der Waals surface area contributed by atoms with Gasteiger partial charge in [-0.1, -0.05) is 12.1 Å². The van der Waals surface area contributed by atoms with Crippen LogP contribution in [0.5, 0.6) is 0 Å². The van der Waals surface area contributed by atoms with Gasteiger partial charge in [-0.05, 0) is 24.3 Å². The lowest BCUT2D eigenvalue weighted by Crippen LogP contribution is -2.16. The highest BCUT2D eigenvalue weighted by Crippen LogP contribution is 2.05. The van der Waals surface area contributed by atoms with Crippen LogP contribution in [-0.2, 0) is 31.4 Å². The van der Waals surface area contributed by atoms with E-state index in [-0.39, 0.29) is 28.0 Å². The standard InChI is InChI=1S/C7H8N2O4S.C6H8N2O3S/c1-13-7(10)5-3-2-4-6(9-5)14(8,11)12;7-12(10,11)6-3-1-2-5(4-9)8-6/h2-4H,1H3,(H2,8,11,12);1-3,9H,4H2,(H2,7,10,11). The molecule has 0 saturated carbocycles. The fraction of sp³-hybridized carbons (Fsp3) is 0.154. The summed E-state index contributed by atoms with van der Waals surface area (Å²) in [5.41, 5.74) is 0.181. The maximum absolute atomic E-state index is 11.0. The van der Waals surface area contributed by atoms with E-state index in [1.807, 2.05) is 0 Å². The molecule has 2 rings (SSSR count). The number of ether oxygens (including phenoxy) is 1. The van der Waals surface area contributed by atoms with Gasteiger partial charge in [-0.25, -0.2) is 41.9 Å². The van der Waals surface area contributed by atoms with Crippen molar-refractivity contribution in [1.29, 1.82) is 0 Å². The van der Waals surface area contributed by atoms with Gasteiger partial charge in [0.2, 0.25) is 0 Å². The molecule has 2 aromatic heterocycles. The van der Waals surface area contributed by atoms with Crippen molar-refractivity contribution in [3.05, 3.63) is 47.8 Å². The van der Waals surface area contributed by atoms with Crippen LogP contribution in [0, 0.1) is 0 Å². The fourth-order valence-electron chi connectivity index (χ4n) is 1.50. The minimum atomic E-state index is -3.89. The van der Waals surface area contributed by atoms with Crippen LogP contribution in [0.4, 0.5) is 0 Å². The van der Waals surface area contributed by atoms with Crippen molar-refractivity contribution < 1.29 is 31.5 Å². The highest BCUT2D eigenvalue weighted by molar-refractivity contribution is 7.89. The van der Waals surface area contributed by atoms with E-state index in [1.165, 1.54) is 43.5 Å². The van der Waals surface area contributed by atoms with Crippen molar-refractivity contribution >= 4 is 26.0 Å². The van der Waals surface area contributed by atoms with Crippen LogP contribution in [0.2, 0.25) is 0 Å². The predicted molar refractivity (Wildman–Crippen MR) is 88.5 cm³/mol. The third kappa shape index (κ3) is 6.45. The summed E-state index contributed by atoms with van der Waals surface area (Å²) in [5.74, 6) is -0.712. The lowest BCUT2D eigenvalue weighted by Gasteiger charge is -2.00. The number of primary sulfonamides is 2. The number of aromatic nitrogens is 2. The SMILES string of the molecule is COC(=O)c1cccc(S(N)(=O)=O)n1.NS(=O)(=O)c1cccc(CO)n1. The van der Waals surface area contributed by atoms with Crippen LogP contribution in [0.3, 0.4) is 0 Å². The molecule has 142 valence electrons. The average molecular weight is 404 g/mol. The zero-order chi connectivity index (χ0) is 20.0. The molecule has 11 nitrogen and oxygen atoms in total. The van der Waals surface area contributed by atoms with Crippen molar-refractivity contribution in [2.45, 2.75) is 16.7 Å². The number of sulfonamides is 2. The third-order valence-corrected chi connectivity index (χ3v) is 4.27. The van der Waals surface area contributed by atoms with Crippen LogP contribution in [0.25, 0.3) is 0 Å². The number of aliphatic hydroxyl groups is 1. The molecule has 0 aliphatic carbocycles. The zero-order valence-electron chi connectivity index (χ0n) is 13.4. The number of nitrogens with two attached hydrogens (primary N) is 2. The number of pyridine rings is 2. The number of esters is 1. The molecule has 0 spiro atoms. The van der Waals surface area contributed by atoms with E-state index >= 15 is 0 Å². The third-order valence-electron chi connectivity index (χ3n) is 2.64. The molecule has 2 aromatic rings. The molecule has 0 fully saturated rings. The monoisotopic (exact) mass is 404 g/mol. The van der Waals surface area contributed by atoms with Gasteiger partial charge in [-0.3, -0.25) is 0 Å². The second-order valence-electron chi connectivity index (χ2n) is 4.57. The molecule has 0 bridgehead atoms. The number of methoxy groups -OCH3 is 1. The second-order valence-corrected chi connectivity index (χ2v) is 7.58. The number of aliphatic hydroxyl groups excluding tert-OH is 1. The molecule has 0 aliphatic rings. The van der Waals surface area contributed by atoms with Gasteiger partial charge in [0.25, 0.3) is 20.0 Å². The number of rotatable bonds is 4. The van der Waals surface area contributed by atoms with E-state index in [1.54, 1.807) is 0 Å². The maximum Gasteiger partial charge on any atom is 0.356 e. The molecule has 2 heterocycles. The molecule has 5 N–H and O–H groups in total. The minimum Gasteiger partial charge on any atom is -0.464 e. The lowest BCUT2D eigenvalue weighted by atomic mass is 10.4. The molecule has 0 saturated heterocycles. The van der Waals surface area contributed by atoms with Crippen molar-refractivity contribution in [3.8, 4) is 0 Å². The normalized spacial score (nSPS) is 11.2. The first kappa shape index (κ1) is 21.6. The number of hydrogen-bond acceptors (Lipinski definition) is 9. The van der Waals surface area contributed by atoms with Crippen LogP contribution in [0.15, 0.2) is 46.5 Å². The van der Waals surface area contributed by atoms with Gasteiger partial charge in [0, 0.05) is 0 Å². The quantitative estimate of drug-likeness (QED) is 0.521. The Bertz CT molecular complexity index is 991. The summed E-state index contributed by atoms with van der Waals surface area (Å²) in [6, 6.07) is 8.14. The Hall–Kier alpha value is -2.45. The van der Waals surface area contributed by atoms with Crippen molar-refractivity contribution in [2.75, 3.05) is 7.11 Å². The van der Waals surface area contributed by atoms with Crippen LogP contribution in [0.1, 0.15) is 16.2 Å². The first-order valence-corrected chi connectivity index (χ1v) is 9.76. The summed E-state index contributed by atoms with van der Waals surface area (Å²) in [5, 5.41) is 17.7. The fourth-order valence-corrected chi connectivity index (χ4v) is 2.50. The summed E-state index contributed by atoms with van der Waals surface area (Å²) in [4.78, 5) is 18.1. The highest BCUT2D eigenvalue weighted by Gasteiger charge is 2.13. The van der Waals surface area contributed by atoms with E-state index < -0.39 is 26.0 Å². The van der Waals surface area contributed by atoms with Gasteiger partial charge < -0.3 is 9.84 Å². The molecule has 0 radical (unpaired) electrons. The average Bonchev–Trinajstić information content (AvgIpc) is 2.60. The van der Waals surface area contributed by atoms with Gasteiger partial charge in [0.1, 0.15) is 5.69 Å². The van der Waals surface area contributed by atoms with E-state index in [0.717, 1.165) is 0 Å². The summed E-state index contributed by atoms with van der Waals surface area (Å²) >= 11 is 0. The largest absolute Gasteiger partial charge is 0.464 e. The van der Waals surface area contributed by atoms with E-state index in [4.69, 9.17) is 15.4 Å². The van der Waals surface area contributed by atoms with E-state index in [2.05, 4.69) is 14.7 Å². The van der Waals surface area contributed by atoms with Crippen molar-refractivity contribution in [3.63, 3.8) is 0 Å². The Morgan fingerprint density at radius 2 is 1.50 bits per heavy atom. The Balaban J connectivity index is 0.000000263. The first-order valence-electron chi connectivity index (χ1n) is 6.67. The number of nitrogens with zero attached hydrogens (tertiary/aromatic N) is 2. The Morgan fingerprint density at radius 3 is 1.96 bits per heavy atom. The topological polar surface area (TPSA) is 193 Å². The minimum absolute atomic E-state index is 0.0981. The summed E-state index contributed by atoms with van der Waals surface area (Å²) in [7, 11) is -6.47. The van der Waals surface area contributed by atoms with Crippen molar-refractivity contribution in [2.24, 2.45) is 10.3 Å². The molecule has 0 amide bonds. The summed E-state index contributed by atoms with van der Waals surface area (Å²) < 4.78 is 47.6. The van der Waals surface area contributed by atoms with Gasteiger partial charge in [-0.2, -0.15) is 0 Å². The van der Waals surface area contributed by atoms with Crippen LogP contribution < -0.4 is 10.3 Å². The smallest absolute Gasteiger partial charge is 0.356 e. The molecule has 13 heteroatoms. The highest BCUT2D eigenvalue weighted by atomic mass is 32.2. The summed E-state index contributed by atoms with van der Waals surface area (Å²) in [6.07, 6.45) is 0. The number of hydrogen-bond donors (Lipinski definition) is 3. The Morgan fingerprint density at radius 1 is 1.00 bits per heavy atom. The predicted octanol–water partition coefficient (Wildman–Crippen LogP) is -1.26. The molecule has 26 heavy (non-hydrogen) atoms. The summed E-state index contributed by atoms with van der Waals surface area (Å²) in [6.45, 7) is -0.302. The number of carbonyl (C=O) groups excluding carboxylic acids is 1. The Labute approximate surface area is 149 Å². The van der Waals surface area contributed by atoms with Crippen LogP contribution in [-0.4, -0.2) is 45.0 Å². The van der Waals surface area contributed by atoms with Crippen LogP contribution >= 0.6 is 0 Å². The zero-order valence-corrected chi connectivity index (χ0v) is 15.1. The first-order chi connectivity index (χ1) is 12.0. The number of carbonyl (C=O) groups is 1. The molecule has 0 aromatic carbocycles. The van der Waals surface area contributed by atoms with E-state index in [9.17, 15) is 21.6 Å². The van der Waals surface area contributed by atoms with E-state index in [0.29, 0.717) is 0 Å². The van der Waals surface area contributed by atoms with Gasteiger partial charge in [0.15, 0.2) is 10.1 Å². The lowest BCUT2D eigenvalue weighted by molar-refractivity contribution is 0.0593. The van der Waals surface area contributed by atoms with Gasteiger partial charge in [0.05, 0.1) is 19.4 Å². The molecular formula is C13H16N4O7S2. The molecule has 0 unspecified atom stereocenters. The molecular weight excluding hydrogens is 388 g/mol. The van der Waals surface area contributed by atoms with Gasteiger partial charge in [-0.15, -0.1) is 0 Å². The second kappa shape index (κ2) is 8.77.